The van der Waals surface area contributed by atoms with E-state index in [0.717, 1.165) is 10.0 Å². The van der Waals surface area contributed by atoms with E-state index in [2.05, 4.69) is 41.9 Å². The normalized spacial score (nSPS) is 13.4. The fourth-order valence-corrected chi connectivity index (χ4v) is 4.17. The van der Waals surface area contributed by atoms with Gasteiger partial charge in [-0.1, -0.05) is 41.9 Å². The first-order valence-electron chi connectivity index (χ1n) is 11.2. The number of Topliss-reactive ketones (excluding diaryl/α,β-unsaturated/α-hetero) is 1. The molecule has 0 aliphatic heterocycles. The van der Waals surface area contributed by atoms with E-state index in [1.165, 1.54) is 17.5 Å². The summed E-state index contributed by atoms with van der Waals surface area (Å²) in [5.41, 5.74) is 11.6. The molecular weight excluding hydrogens is 534 g/mol. The van der Waals surface area contributed by atoms with E-state index in [1.807, 2.05) is 45.0 Å². The Labute approximate surface area is 217 Å². The molecule has 2 rings (SSSR count). The molecule has 2 aromatic rings. The molecule has 190 valence electrons. The fourth-order valence-electron chi connectivity index (χ4n) is 3.28. The molecule has 0 unspecified atom stereocenters. The van der Waals surface area contributed by atoms with E-state index in [-0.39, 0.29) is 23.7 Å². The second-order valence-electron chi connectivity index (χ2n) is 8.32. The van der Waals surface area contributed by atoms with Crippen molar-refractivity contribution in [3.8, 4) is 0 Å². The number of aromatic nitrogens is 1. The van der Waals surface area contributed by atoms with Gasteiger partial charge < -0.3 is 27.4 Å². The van der Waals surface area contributed by atoms with Gasteiger partial charge >= 0.3 is 6.03 Å². The molecule has 0 saturated heterocycles. The number of rotatable bonds is 12. The molecule has 0 fully saturated rings. The summed E-state index contributed by atoms with van der Waals surface area (Å²) in [6.45, 7) is 5.81. The van der Waals surface area contributed by atoms with Crippen molar-refractivity contribution < 1.29 is 14.4 Å². The van der Waals surface area contributed by atoms with Crippen LogP contribution in [0, 0.1) is 5.92 Å². The summed E-state index contributed by atoms with van der Waals surface area (Å²) in [5, 5.41) is 10.4. The second kappa shape index (κ2) is 13.8. The van der Waals surface area contributed by atoms with Gasteiger partial charge in [0.25, 0.3) is 0 Å². The van der Waals surface area contributed by atoms with Crippen LogP contribution in [0.25, 0.3) is 0 Å². The summed E-state index contributed by atoms with van der Waals surface area (Å²) in [5.74, 6) is -1.01. The Morgan fingerprint density at radius 1 is 1.09 bits per heavy atom. The lowest BCUT2D eigenvalue weighted by Gasteiger charge is -2.26. The highest BCUT2D eigenvalue weighted by Gasteiger charge is 2.30. The number of nitrogens with one attached hydrogen (secondary N) is 3. The number of aliphatic imine (C=N–C) groups is 1. The number of nitrogens with zero attached hydrogens (tertiary/aromatic N) is 2. The number of halogens is 1. The van der Waals surface area contributed by atoms with E-state index < -0.39 is 24.0 Å². The Kier molecular flexibility index (Phi) is 11.1. The van der Waals surface area contributed by atoms with Crippen molar-refractivity contribution >= 4 is 50.9 Å². The molecule has 12 heteroatoms. The standard InChI is InChI=1S/C23H32BrN7O3S/c1-13(2)18(31-23(34)29-14(3)15-6-8-16(24)9-7-15)20(33)30-17(5-4-10-28-22(25)26)19(32)21-27-11-12-35-21/h6-9,11-14,17-18H,4-5,10H2,1-3H3,(H,30,33)(H4,25,26,28)(H2,29,31,34)/t14-,17-,18-/m0/s1. The number of amides is 3. The van der Waals surface area contributed by atoms with Crippen LogP contribution in [0.3, 0.4) is 0 Å². The maximum Gasteiger partial charge on any atom is 0.315 e. The first kappa shape index (κ1) is 28.2. The summed E-state index contributed by atoms with van der Waals surface area (Å²) >= 11 is 4.59. The van der Waals surface area contributed by atoms with Gasteiger partial charge in [-0.05, 0) is 43.4 Å². The summed E-state index contributed by atoms with van der Waals surface area (Å²) in [4.78, 5) is 46.8. The number of carbonyl (C=O) groups is 3. The Bertz CT molecular complexity index is 1010. The van der Waals surface area contributed by atoms with Gasteiger partial charge in [-0.3, -0.25) is 14.6 Å². The van der Waals surface area contributed by atoms with Gasteiger partial charge in [-0.25, -0.2) is 9.78 Å². The topological polar surface area (TPSA) is 165 Å². The smallest absolute Gasteiger partial charge is 0.315 e. The van der Waals surface area contributed by atoms with Crippen LogP contribution in [0.1, 0.15) is 55.0 Å². The van der Waals surface area contributed by atoms with Crippen LogP contribution in [-0.2, 0) is 4.79 Å². The zero-order valence-electron chi connectivity index (χ0n) is 20.0. The Balaban J connectivity index is 2.05. The van der Waals surface area contributed by atoms with Crippen LogP contribution in [0.5, 0.6) is 0 Å². The van der Waals surface area contributed by atoms with Gasteiger partial charge in [0.1, 0.15) is 6.04 Å². The first-order chi connectivity index (χ1) is 16.6. The molecule has 1 heterocycles. The van der Waals surface area contributed by atoms with Crippen LogP contribution in [0.15, 0.2) is 45.3 Å². The van der Waals surface area contributed by atoms with Crippen molar-refractivity contribution in [3.05, 3.63) is 50.9 Å². The second-order valence-corrected chi connectivity index (χ2v) is 10.1. The van der Waals surface area contributed by atoms with Crippen molar-refractivity contribution in [1.29, 1.82) is 0 Å². The van der Waals surface area contributed by atoms with Crippen LogP contribution in [-0.4, -0.2) is 47.3 Å². The van der Waals surface area contributed by atoms with Crippen molar-refractivity contribution in [2.75, 3.05) is 6.54 Å². The third-order valence-corrected chi connectivity index (χ3v) is 6.49. The molecule has 0 aliphatic carbocycles. The van der Waals surface area contributed by atoms with E-state index >= 15 is 0 Å². The van der Waals surface area contributed by atoms with E-state index in [9.17, 15) is 14.4 Å². The molecule has 1 aromatic heterocycles. The lowest BCUT2D eigenvalue weighted by Crippen LogP contribution is -2.55. The fraction of sp³-hybridized carbons (Fsp3) is 0.435. The molecular formula is C23H32BrN7O3S. The van der Waals surface area contributed by atoms with Crippen molar-refractivity contribution in [2.45, 2.75) is 51.7 Å². The number of benzene rings is 1. The molecule has 10 nitrogen and oxygen atoms in total. The van der Waals surface area contributed by atoms with Crippen LogP contribution >= 0.6 is 27.3 Å². The number of carbonyl (C=O) groups excluding carboxylic acids is 3. The number of hydrogen-bond donors (Lipinski definition) is 5. The van der Waals surface area contributed by atoms with E-state index in [0.29, 0.717) is 24.4 Å². The number of urea groups is 1. The highest BCUT2D eigenvalue weighted by molar-refractivity contribution is 9.10. The Morgan fingerprint density at radius 3 is 2.34 bits per heavy atom. The number of nitrogens with two attached hydrogens (primary N) is 2. The minimum Gasteiger partial charge on any atom is -0.370 e. The van der Waals surface area contributed by atoms with E-state index in [1.54, 1.807) is 5.38 Å². The Hall–Kier alpha value is -2.99. The third kappa shape index (κ3) is 9.29. The SMILES string of the molecule is CC(C)[C@H](NC(=O)N[C@@H](C)c1ccc(Br)cc1)C(=O)N[C@@H](CCCN=C(N)N)C(=O)c1nccs1. The zero-order valence-corrected chi connectivity index (χ0v) is 22.4. The lowest BCUT2D eigenvalue weighted by molar-refractivity contribution is -0.124. The predicted octanol–water partition coefficient (Wildman–Crippen LogP) is 2.71. The lowest BCUT2D eigenvalue weighted by atomic mass is 10.0. The monoisotopic (exact) mass is 565 g/mol. The van der Waals surface area contributed by atoms with Crippen LogP contribution in [0.2, 0.25) is 0 Å². The average Bonchev–Trinajstić information content (AvgIpc) is 3.34. The number of thiazole rings is 1. The van der Waals surface area contributed by atoms with Gasteiger partial charge in [-0.2, -0.15) is 0 Å². The van der Waals surface area contributed by atoms with Gasteiger partial charge in [0.15, 0.2) is 11.0 Å². The van der Waals surface area contributed by atoms with Gasteiger partial charge in [-0.15, -0.1) is 11.3 Å². The van der Waals surface area contributed by atoms with E-state index in [4.69, 9.17) is 11.5 Å². The Morgan fingerprint density at radius 2 is 1.77 bits per heavy atom. The molecule has 0 radical (unpaired) electrons. The average molecular weight is 567 g/mol. The molecule has 0 aliphatic rings. The molecule has 1 aromatic carbocycles. The maximum absolute atomic E-state index is 13.1. The highest BCUT2D eigenvalue weighted by atomic mass is 79.9. The van der Waals surface area contributed by atoms with Gasteiger partial charge in [0, 0.05) is 22.6 Å². The summed E-state index contributed by atoms with van der Waals surface area (Å²) in [7, 11) is 0. The van der Waals surface area contributed by atoms with Crippen molar-refractivity contribution in [3.63, 3.8) is 0 Å². The van der Waals surface area contributed by atoms with Gasteiger partial charge in [0.05, 0.1) is 12.1 Å². The van der Waals surface area contributed by atoms with Crippen molar-refractivity contribution in [1.82, 2.24) is 20.9 Å². The minimum absolute atomic E-state index is 0.0377. The van der Waals surface area contributed by atoms with Crippen LogP contribution < -0.4 is 27.4 Å². The number of guanidine groups is 1. The van der Waals surface area contributed by atoms with Gasteiger partial charge in [0.2, 0.25) is 11.7 Å². The van der Waals surface area contributed by atoms with Crippen LogP contribution in [0.4, 0.5) is 4.79 Å². The summed E-state index contributed by atoms with van der Waals surface area (Å²) < 4.78 is 0.939. The molecule has 7 N–H and O–H groups in total. The number of hydrogen-bond acceptors (Lipinski definition) is 6. The molecule has 3 atom stereocenters. The molecule has 0 saturated carbocycles. The van der Waals surface area contributed by atoms with Crippen molar-refractivity contribution in [2.24, 2.45) is 22.4 Å². The quantitative estimate of drug-likeness (QED) is 0.115. The molecule has 3 amide bonds. The first-order valence-corrected chi connectivity index (χ1v) is 12.9. The predicted molar refractivity (Wildman–Crippen MR) is 141 cm³/mol. The summed E-state index contributed by atoms with van der Waals surface area (Å²) in [6, 6.07) is 5.16. The maximum atomic E-state index is 13.1. The number of ketones is 1. The highest BCUT2D eigenvalue weighted by Crippen LogP contribution is 2.17. The molecule has 0 spiro atoms. The third-order valence-electron chi connectivity index (χ3n) is 5.17. The summed E-state index contributed by atoms with van der Waals surface area (Å²) in [6.07, 6.45) is 2.33. The molecule has 35 heavy (non-hydrogen) atoms. The minimum atomic E-state index is -0.851. The largest absolute Gasteiger partial charge is 0.370 e. The zero-order chi connectivity index (χ0) is 26.0. The molecule has 0 bridgehead atoms.